The number of carbonyl (C=O) groups excluding carboxylic acids is 1. The molecule has 1 aliphatic rings. The molecule has 1 saturated carbocycles. The number of carbonyl (C=O) groups is 1. The normalized spacial score (nSPS) is 18.1. The number of nitriles is 1. The number of rotatable bonds is 7. The highest BCUT2D eigenvalue weighted by molar-refractivity contribution is 5.79. The summed E-state index contributed by atoms with van der Waals surface area (Å²) in [5.74, 6) is -0.145. The van der Waals surface area contributed by atoms with Crippen molar-refractivity contribution in [3.8, 4) is 6.07 Å². The first-order chi connectivity index (χ1) is 10.9. The molecule has 124 valence electrons. The van der Waals surface area contributed by atoms with E-state index in [0.717, 1.165) is 18.4 Å². The van der Waals surface area contributed by atoms with Crippen molar-refractivity contribution < 1.29 is 9.18 Å². The first kappa shape index (κ1) is 17.4. The molecule has 1 fully saturated rings. The summed E-state index contributed by atoms with van der Waals surface area (Å²) in [6, 6.07) is 8.58. The van der Waals surface area contributed by atoms with Gasteiger partial charge in [-0.25, -0.2) is 4.39 Å². The lowest BCUT2D eigenvalue weighted by Crippen LogP contribution is -2.50. The molecule has 0 bridgehead atoms. The van der Waals surface area contributed by atoms with Crippen LogP contribution in [-0.2, 0) is 4.79 Å². The van der Waals surface area contributed by atoms with Gasteiger partial charge >= 0.3 is 0 Å². The smallest absolute Gasteiger partial charge is 0.235 e. The Morgan fingerprint density at radius 3 is 2.57 bits per heavy atom. The van der Waals surface area contributed by atoms with Crippen molar-refractivity contribution in [2.24, 2.45) is 5.92 Å². The van der Waals surface area contributed by atoms with E-state index in [4.69, 9.17) is 0 Å². The second kappa shape index (κ2) is 7.10. The van der Waals surface area contributed by atoms with Gasteiger partial charge in [-0.05, 0) is 56.8 Å². The van der Waals surface area contributed by atoms with Gasteiger partial charge in [-0.2, -0.15) is 5.26 Å². The molecule has 4 nitrogen and oxygen atoms in total. The molecule has 0 radical (unpaired) electrons. The molecule has 2 rings (SSSR count). The number of benzene rings is 1. The van der Waals surface area contributed by atoms with Crippen molar-refractivity contribution in [2.45, 2.75) is 45.2 Å². The van der Waals surface area contributed by atoms with Crippen LogP contribution in [0, 0.1) is 23.1 Å². The lowest BCUT2D eigenvalue weighted by atomic mass is 9.98. The van der Waals surface area contributed by atoms with Crippen LogP contribution in [0.3, 0.4) is 0 Å². The Hall–Kier alpha value is -1.93. The number of amides is 1. The molecule has 1 N–H and O–H groups in total. The Kier molecular flexibility index (Phi) is 5.38. The molecule has 5 heteroatoms. The molecule has 2 atom stereocenters. The number of hydrogen-bond acceptors (Lipinski definition) is 3. The molecule has 0 unspecified atom stereocenters. The predicted molar refractivity (Wildman–Crippen MR) is 86.9 cm³/mol. The first-order valence-corrected chi connectivity index (χ1v) is 8.11. The third-order valence-electron chi connectivity index (χ3n) is 4.68. The molecule has 0 spiro atoms. The molecule has 1 aliphatic carbocycles. The Labute approximate surface area is 137 Å². The van der Waals surface area contributed by atoms with Crippen LogP contribution in [0.4, 0.5) is 4.39 Å². The van der Waals surface area contributed by atoms with E-state index in [-0.39, 0.29) is 30.2 Å². The molecule has 0 aliphatic heterocycles. The van der Waals surface area contributed by atoms with Crippen LogP contribution < -0.4 is 5.32 Å². The maximum atomic E-state index is 13.0. The van der Waals surface area contributed by atoms with Gasteiger partial charge in [0.15, 0.2) is 0 Å². The highest BCUT2D eigenvalue weighted by Crippen LogP contribution is 2.39. The summed E-state index contributed by atoms with van der Waals surface area (Å²) in [5, 5.41) is 12.2. The number of hydrogen-bond donors (Lipinski definition) is 1. The molecular formula is C18H24FN3O. The van der Waals surface area contributed by atoms with Gasteiger partial charge in [0.2, 0.25) is 5.91 Å². The minimum Gasteiger partial charge on any atom is -0.337 e. The maximum absolute atomic E-state index is 13.0. The molecule has 23 heavy (non-hydrogen) atoms. The molecule has 0 heterocycles. The van der Waals surface area contributed by atoms with E-state index in [0.29, 0.717) is 6.54 Å². The highest BCUT2D eigenvalue weighted by atomic mass is 19.1. The average molecular weight is 317 g/mol. The van der Waals surface area contributed by atoms with Gasteiger partial charge in [0, 0.05) is 6.04 Å². The van der Waals surface area contributed by atoms with Gasteiger partial charge in [-0.3, -0.25) is 9.69 Å². The van der Waals surface area contributed by atoms with Crippen molar-refractivity contribution in [3.05, 3.63) is 35.6 Å². The summed E-state index contributed by atoms with van der Waals surface area (Å²) in [6.45, 7) is 6.69. The van der Waals surface area contributed by atoms with E-state index in [1.54, 1.807) is 19.1 Å². The minimum atomic E-state index is -0.768. The van der Waals surface area contributed by atoms with Crippen LogP contribution in [-0.4, -0.2) is 29.4 Å². The molecular weight excluding hydrogens is 293 g/mol. The van der Waals surface area contributed by atoms with Gasteiger partial charge in [-0.1, -0.05) is 19.1 Å². The van der Waals surface area contributed by atoms with Crippen molar-refractivity contribution in [1.29, 1.82) is 5.26 Å². The summed E-state index contributed by atoms with van der Waals surface area (Å²) in [6.07, 6.45) is 1.99. The van der Waals surface area contributed by atoms with Crippen LogP contribution in [0.5, 0.6) is 0 Å². The Morgan fingerprint density at radius 1 is 1.48 bits per heavy atom. The van der Waals surface area contributed by atoms with Gasteiger partial charge in [-0.15, -0.1) is 0 Å². The second-order valence-corrected chi connectivity index (χ2v) is 6.43. The van der Waals surface area contributed by atoms with Gasteiger partial charge < -0.3 is 5.32 Å². The van der Waals surface area contributed by atoms with E-state index < -0.39 is 5.54 Å². The van der Waals surface area contributed by atoms with Gasteiger partial charge in [0.1, 0.15) is 11.4 Å². The summed E-state index contributed by atoms with van der Waals surface area (Å²) < 4.78 is 13.0. The summed E-state index contributed by atoms with van der Waals surface area (Å²) in [5.41, 5.74) is 0.196. The van der Waals surface area contributed by atoms with Crippen LogP contribution in [0.1, 0.15) is 45.2 Å². The lowest BCUT2D eigenvalue weighted by molar-refractivity contribution is -0.124. The quantitative estimate of drug-likeness (QED) is 0.841. The second-order valence-electron chi connectivity index (χ2n) is 6.43. The highest BCUT2D eigenvalue weighted by Gasteiger charge is 2.43. The summed E-state index contributed by atoms with van der Waals surface area (Å²) >= 11 is 0. The fourth-order valence-electron chi connectivity index (χ4n) is 2.87. The van der Waals surface area contributed by atoms with Crippen LogP contribution in [0.15, 0.2) is 24.3 Å². The lowest BCUT2D eigenvalue weighted by Gasteiger charge is -2.30. The number of halogens is 1. The molecule has 1 aromatic rings. The maximum Gasteiger partial charge on any atom is 0.235 e. The van der Waals surface area contributed by atoms with Crippen molar-refractivity contribution in [3.63, 3.8) is 0 Å². The van der Waals surface area contributed by atoms with Crippen molar-refractivity contribution in [2.75, 3.05) is 13.1 Å². The molecule has 1 aromatic carbocycles. The standard InChI is InChI=1S/C18H24FN3O/c1-4-22(13(2)14-5-9-16(19)10-6-14)11-17(23)21-18(3,12-20)15-7-8-15/h5-6,9-10,13,15H,4,7-8,11H2,1-3H3,(H,21,23)/t13-,18+/m1/s1. The van der Waals surface area contributed by atoms with E-state index in [2.05, 4.69) is 11.4 Å². The van der Waals surface area contributed by atoms with Crippen molar-refractivity contribution >= 4 is 5.91 Å². The molecule has 0 saturated heterocycles. The fourth-order valence-corrected chi connectivity index (χ4v) is 2.87. The van der Waals surface area contributed by atoms with Crippen LogP contribution in [0.2, 0.25) is 0 Å². The molecule has 0 aromatic heterocycles. The summed E-state index contributed by atoms with van der Waals surface area (Å²) in [7, 11) is 0. The zero-order valence-electron chi connectivity index (χ0n) is 14.0. The SMILES string of the molecule is CCN(CC(=O)N[C@@](C)(C#N)C1CC1)[C@H](C)c1ccc(F)cc1. The predicted octanol–water partition coefficient (Wildman–Crippen LogP) is 3.02. The monoisotopic (exact) mass is 317 g/mol. The number of nitrogens with one attached hydrogen (secondary N) is 1. The Balaban J connectivity index is 1.99. The topological polar surface area (TPSA) is 56.1 Å². The van der Waals surface area contributed by atoms with E-state index in [9.17, 15) is 14.4 Å². The fraction of sp³-hybridized carbons (Fsp3) is 0.556. The van der Waals surface area contributed by atoms with E-state index in [1.807, 2.05) is 18.7 Å². The third-order valence-corrected chi connectivity index (χ3v) is 4.68. The third kappa shape index (κ3) is 4.29. The zero-order valence-corrected chi connectivity index (χ0v) is 14.0. The number of nitrogens with zero attached hydrogens (tertiary/aromatic N) is 2. The minimum absolute atomic E-state index is 0.000571. The zero-order chi connectivity index (χ0) is 17.0. The Morgan fingerprint density at radius 2 is 2.09 bits per heavy atom. The average Bonchev–Trinajstić information content (AvgIpc) is 3.38. The van der Waals surface area contributed by atoms with E-state index >= 15 is 0 Å². The molecule has 1 amide bonds. The van der Waals surface area contributed by atoms with Crippen LogP contribution in [0.25, 0.3) is 0 Å². The first-order valence-electron chi connectivity index (χ1n) is 8.11. The van der Waals surface area contributed by atoms with E-state index in [1.165, 1.54) is 12.1 Å². The Bertz CT molecular complexity index is 591. The van der Waals surface area contributed by atoms with Crippen LogP contribution >= 0.6 is 0 Å². The largest absolute Gasteiger partial charge is 0.337 e. The summed E-state index contributed by atoms with van der Waals surface area (Å²) in [4.78, 5) is 14.4. The van der Waals surface area contributed by atoms with Gasteiger partial charge in [0.25, 0.3) is 0 Å². The van der Waals surface area contributed by atoms with Crippen molar-refractivity contribution in [1.82, 2.24) is 10.2 Å². The number of likely N-dealkylation sites (N-methyl/N-ethyl adjacent to an activating group) is 1. The van der Waals surface area contributed by atoms with Gasteiger partial charge in [0.05, 0.1) is 12.6 Å².